The van der Waals surface area contributed by atoms with E-state index in [1.165, 1.54) is 11.8 Å². The number of carboxylic acid groups (broad SMARTS) is 1. The van der Waals surface area contributed by atoms with Gasteiger partial charge < -0.3 is 26.0 Å². The predicted molar refractivity (Wildman–Crippen MR) is 95.3 cm³/mol. The maximum Gasteiger partial charge on any atom is 0.323 e. The lowest BCUT2D eigenvalue weighted by Crippen LogP contribution is -2.50. The van der Waals surface area contributed by atoms with Crippen molar-refractivity contribution in [3.8, 4) is 0 Å². The molecule has 1 rings (SSSR count). The molecule has 0 radical (unpaired) electrons. The summed E-state index contributed by atoms with van der Waals surface area (Å²) >= 11 is 0. The number of likely N-dealkylation sites (tertiary alicyclic amines) is 1. The van der Waals surface area contributed by atoms with Crippen LogP contribution in [0, 0.1) is 0 Å². The van der Waals surface area contributed by atoms with Crippen molar-refractivity contribution in [3.05, 3.63) is 0 Å². The molecule has 148 valence electrons. The van der Waals surface area contributed by atoms with Crippen LogP contribution in [-0.2, 0) is 14.4 Å². The summed E-state index contributed by atoms with van der Waals surface area (Å²) in [7, 11) is 0. The maximum atomic E-state index is 12.8. The highest BCUT2D eigenvalue weighted by atomic mass is 16.4. The smallest absolute Gasteiger partial charge is 0.323 e. The van der Waals surface area contributed by atoms with Crippen molar-refractivity contribution in [2.45, 2.75) is 64.5 Å². The summed E-state index contributed by atoms with van der Waals surface area (Å²) in [5, 5.41) is 11.5. The van der Waals surface area contributed by atoms with Crippen LogP contribution >= 0.6 is 0 Å². The van der Waals surface area contributed by atoms with Crippen LogP contribution in [0.4, 0.5) is 4.79 Å². The molecule has 2 atom stereocenters. The number of hydrogen-bond donors (Lipinski definition) is 3. The Balaban J connectivity index is 2.75. The van der Waals surface area contributed by atoms with Gasteiger partial charge in [-0.15, -0.1) is 0 Å². The van der Waals surface area contributed by atoms with E-state index in [-0.39, 0.29) is 24.4 Å². The van der Waals surface area contributed by atoms with Gasteiger partial charge in [-0.25, -0.2) is 4.79 Å². The van der Waals surface area contributed by atoms with E-state index >= 15 is 0 Å². The number of nitrogens with zero attached hydrogens (tertiary/aromatic N) is 2. The average molecular weight is 370 g/mol. The molecule has 4 N–H and O–H groups in total. The van der Waals surface area contributed by atoms with Crippen LogP contribution in [0.1, 0.15) is 52.4 Å². The van der Waals surface area contributed by atoms with Crippen molar-refractivity contribution >= 4 is 23.8 Å². The lowest BCUT2D eigenvalue weighted by Gasteiger charge is -2.29. The van der Waals surface area contributed by atoms with Gasteiger partial charge in [0.2, 0.25) is 11.8 Å². The lowest BCUT2D eigenvalue weighted by molar-refractivity contribution is -0.145. The number of urea groups is 1. The predicted octanol–water partition coefficient (Wildman–Crippen LogP) is 0.528. The second kappa shape index (κ2) is 10.6. The van der Waals surface area contributed by atoms with Crippen LogP contribution in [0.2, 0.25) is 0 Å². The Morgan fingerprint density at radius 3 is 2.50 bits per heavy atom. The van der Waals surface area contributed by atoms with Gasteiger partial charge in [0.1, 0.15) is 12.6 Å². The number of rotatable bonds is 8. The number of nitrogens with one attached hydrogen (secondary N) is 1. The second-order valence-corrected chi connectivity index (χ2v) is 6.65. The number of hydrogen-bond acceptors (Lipinski definition) is 4. The van der Waals surface area contributed by atoms with Gasteiger partial charge in [-0.1, -0.05) is 19.8 Å². The van der Waals surface area contributed by atoms with E-state index in [4.69, 9.17) is 10.8 Å². The van der Waals surface area contributed by atoms with Gasteiger partial charge >= 0.3 is 12.0 Å². The molecule has 1 aliphatic rings. The Labute approximate surface area is 153 Å². The molecule has 0 saturated carbocycles. The first-order valence-electron chi connectivity index (χ1n) is 9.10. The first-order chi connectivity index (χ1) is 12.3. The van der Waals surface area contributed by atoms with Crippen molar-refractivity contribution < 1.29 is 24.3 Å². The van der Waals surface area contributed by atoms with Crippen LogP contribution in [0.15, 0.2) is 0 Å². The van der Waals surface area contributed by atoms with Gasteiger partial charge in [-0.3, -0.25) is 14.4 Å². The maximum absolute atomic E-state index is 12.8. The highest BCUT2D eigenvalue weighted by Crippen LogP contribution is 2.18. The van der Waals surface area contributed by atoms with Gasteiger partial charge in [0.15, 0.2) is 0 Å². The number of nitrogens with two attached hydrogens (primary N) is 1. The minimum atomic E-state index is -1.05. The topological polar surface area (TPSA) is 133 Å². The molecule has 0 aromatic heterocycles. The highest BCUT2D eigenvalue weighted by molar-refractivity contribution is 5.86. The van der Waals surface area contributed by atoms with E-state index in [2.05, 4.69) is 5.32 Å². The number of aliphatic carboxylic acids is 1. The SMILES string of the molecule is CCCCC(NC(N)=O)C(=O)N1CCCC(N(CC(=O)O)C(C)=O)CC1. The van der Waals surface area contributed by atoms with Gasteiger partial charge in [0.05, 0.1) is 0 Å². The van der Waals surface area contributed by atoms with E-state index in [1.54, 1.807) is 4.90 Å². The number of unbranched alkanes of at least 4 members (excludes halogenated alkanes) is 1. The third-order valence-corrected chi connectivity index (χ3v) is 4.62. The molecule has 2 unspecified atom stereocenters. The normalized spacial score (nSPS) is 18.5. The molecule has 0 spiro atoms. The minimum Gasteiger partial charge on any atom is -0.480 e. The fraction of sp³-hybridized carbons (Fsp3) is 0.765. The fourth-order valence-electron chi connectivity index (χ4n) is 3.31. The molecular weight excluding hydrogens is 340 g/mol. The van der Waals surface area contributed by atoms with Gasteiger partial charge in [0, 0.05) is 26.1 Å². The quantitative estimate of drug-likeness (QED) is 0.573. The van der Waals surface area contributed by atoms with Gasteiger partial charge in [-0.2, -0.15) is 0 Å². The molecule has 1 heterocycles. The second-order valence-electron chi connectivity index (χ2n) is 6.65. The first-order valence-corrected chi connectivity index (χ1v) is 9.10. The number of primary amides is 1. The van der Waals surface area contributed by atoms with Crippen LogP contribution in [0.25, 0.3) is 0 Å². The van der Waals surface area contributed by atoms with E-state index in [0.717, 1.165) is 12.8 Å². The van der Waals surface area contributed by atoms with E-state index < -0.39 is 18.0 Å². The Hall–Kier alpha value is -2.32. The molecule has 1 fully saturated rings. The highest BCUT2D eigenvalue weighted by Gasteiger charge is 2.30. The van der Waals surface area contributed by atoms with Gasteiger partial charge in [0.25, 0.3) is 0 Å². The van der Waals surface area contributed by atoms with E-state index in [9.17, 15) is 19.2 Å². The summed E-state index contributed by atoms with van der Waals surface area (Å²) in [6.07, 6.45) is 4.03. The van der Waals surface area contributed by atoms with Crippen molar-refractivity contribution in [1.29, 1.82) is 0 Å². The molecule has 9 nitrogen and oxygen atoms in total. The number of amides is 4. The fourth-order valence-corrected chi connectivity index (χ4v) is 3.31. The Morgan fingerprint density at radius 1 is 1.27 bits per heavy atom. The Kier molecular flexibility index (Phi) is 8.87. The summed E-state index contributed by atoms with van der Waals surface area (Å²) in [5.41, 5.74) is 5.18. The molecule has 0 aliphatic carbocycles. The zero-order valence-electron chi connectivity index (χ0n) is 15.6. The molecule has 4 amide bonds. The molecule has 9 heteroatoms. The standard InChI is InChI=1S/C17H30N4O5/c1-3-4-7-14(19-17(18)26)16(25)20-9-5-6-13(8-10-20)21(12(2)22)11-15(23)24/h13-14H,3-11H2,1-2H3,(H,23,24)(H3,18,19,26). The summed E-state index contributed by atoms with van der Waals surface area (Å²) in [6.45, 7) is 3.94. The monoisotopic (exact) mass is 370 g/mol. The van der Waals surface area contributed by atoms with Crippen LogP contribution in [0.3, 0.4) is 0 Å². The summed E-state index contributed by atoms with van der Waals surface area (Å²) in [4.78, 5) is 49.8. The summed E-state index contributed by atoms with van der Waals surface area (Å²) in [6, 6.07) is -1.58. The Bertz CT molecular complexity index is 525. The zero-order chi connectivity index (χ0) is 19.7. The summed E-state index contributed by atoms with van der Waals surface area (Å²) < 4.78 is 0. The molecule has 0 aromatic carbocycles. The Morgan fingerprint density at radius 2 is 1.96 bits per heavy atom. The van der Waals surface area contributed by atoms with Crippen LogP contribution in [-0.4, -0.2) is 70.4 Å². The molecule has 26 heavy (non-hydrogen) atoms. The number of carboxylic acids is 1. The third-order valence-electron chi connectivity index (χ3n) is 4.62. The van der Waals surface area contributed by atoms with E-state index in [0.29, 0.717) is 38.8 Å². The van der Waals surface area contributed by atoms with Crippen molar-refractivity contribution in [2.24, 2.45) is 5.73 Å². The number of carbonyl (C=O) groups is 4. The molecule has 1 aliphatic heterocycles. The van der Waals surface area contributed by atoms with Crippen LogP contribution < -0.4 is 11.1 Å². The first kappa shape index (κ1) is 21.7. The van der Waals surface area contributed by atoms with Gasteiger partial charge in [-0.05, 0) is 25.7 Å². The lowest BCUT2D eigenvalue weighted by atomic mass is 10.1. The molecule has 0 bridgehead atoms. The van der Waals surface area contributed by atoms with Crippen molar-refractivity contribution in [2.75, 3.05) is 19.6 Å². The zero-order valence-corrected chi connectivity index (χ0v) is 15.6. The minimum absolute atomic E-state index is 0.175. The molecule has 1 saturated heterocycles. The van der Waals surface area contributed by atoms with Crippen molar-refractivity contribution in [1.82, 2.24) is 15.1 Å². The number of carbonyl (C=O) groups excluding carboxylic acids is 3. The summed E-state index contributed by atoms with van der Waals surface area (Å²) in [5.74, 6) is -1.51. The largest absolute Gasteiger partial charge is 0.480 e. The molecule has 0 aromatic rings. The van der Waals surface area contributed by atoms with E-state index in [1.807, 2.05) is 6.92 Å². The molecular formula is C17H30N4O5. The average Bonchev–Trinajstić information content (AvgIpc) is 2.81. The van der Waals surface area contributed by atoms with Crippen molar-refractivity contribution in [3.63, 3.8) is 0 Å². The van der Waals surface area contributed by atoms with Crippen LogP contribution in [0.5, 0.6) is 0 Å². The third kappa shape index (κ3) is 6.89.